The molecule has 0 spiro atoms. The molecule has 1 amide bonds. The van der Waals surface area contributed by atoms with E-state index in [-0.39, 0.29) is 23.4 Å². The lowest BCUT2D eigenvalue weighted by Gasteiger charge is -2.32. The number of rotatable bonds is 4. The molecule has 2 aliphatic carbocycles. The smallest absolute Gasteiger partial charge is 0.223 e. The van der Waals surface area contributed by atoms with Crippen LogP contribution in [0.4, 0.5) is 8.78 Å². The molecule has 0 heterocycles. The van der Waals surface area contributed by atoms with Gasteiger partial charge in [0.15, 0.2) is 0 Å². The van der Waals surface area contributed by atoms with Crippen molar-refractivity contribution in [2.75, 3.05) is 6.54 Å². The minimum absolute atomic E-state index is 0.0202. The van der Waals surface area contributed by atoms with E-state index in [1.807, 2.05) is 0 Å². The zero-order valence-electron chi connectivity index (χ0n) is 14.0. The van der Waals surface area contributed by atoms with Crippen molar-refractivity contribution >= 4 is 5.91 Å². The van der Waals surface area contributed by atoms with Gasteiger partial charge in [-0.05, 0) is 44.2 Å². The number of nitrogens with one attached hydrogen (secondary N) is 1. The Balaban J connectivity index is 1.74. The number of nitrogens with two attached hydrogens (primary N) is 1. The van der Waals surface area contributed by atoms with E-state index in [2.05, 4.69) is 5.32 Å². The topological polar surface area (TPSA) is 55.1 Å². The summed E-state index contributed by atoms with van der Waals surface area (Å²) in [6.07, 6.45) is 6.74. The second-order valence-corrected chi connectivity index (χ2v) is 7.43. The van der Waals surface area contributed by atoms with Gasteiger partial charge in [-0.1, -0.05) is 25.3 Å². The Labute approximate surface area is 142 Å². The van der Waals surface area contributed by atoms with E-state index < -0.39 is 17.0 Å². The molecule has 2 unspecified atom stereocenters. The highest BCUT2D eigenvalue weighted by Gasteiger charge is 2.40. The van der Waals surface area contributed by atoms with Crippen molar-refractivity contribution < 1.29 is 13.6 Å². The molecule has 0 bridgehead atoms. The fourth-order valence-corrected chi connectivity index (χ4v) is 4.44. The van der Waals surface area contributed by atoms with Crippen LogP contribution < -0.4 is 11.1 Å². The van der Waals surface area contributed by atoms with Crippen molar-refractivity contribution in [3.63, 3.8) is 0 Å². The molecule has 2 aliphatic rings. The number of carbonyl (C=O) groups is 1. The highest BCUT2D eigenvalue weighted by Crippen LogP contribution is 2.43. The second kappa shape index (κ2) is 7.18. The zero-order chi connectivity index (χ0) is 17.2. The van der Waals surface area contributed by atoms with E-state index in [1.54, 1.807) is 0 Å². The Kier molecular flexibility index (Phi) is 5.18. The highest BCUT2D eigenvalue weighted by atomic mass is 19.1. The van der Waals surface area contributed by atoms with Crippen LogP contribution in [0.3, 0.4) is 0 Å². The number of hydrogen-bond donors (Lipinski definition) is 2. The molecule has 5 heteroatoms. The molecule has 0 saturated heterocycles. The quantitative estimate of drug-likeness (QED) is 0.885. The fraction of sp³-hybridized carbons (Fsp3) is 0.632. The molecule has 132 valence electrons. The van der Waals surface area contributed by atoms with Crippen LogP contribution in [-0.4, -0.2) is 18.5 Å². The number of amides is 1. The summed E-state index contributed by atoms with van der Waals surface area (Å²) in [5.74, 6) is -1.11. The number of halogens is 2. The molecule has 3 N–H and O–H groups in total. The van der Waals surface area contributed by atoms with Gasteiger partial charge in [-0.3, -0.25) is 4.79 Å². The highest BCUT2D eigenvalue weighted by molar-refractivity contribution is 5.79. The van der Waals surface area contributed by atoms with E-state index in [9.17, 15) is 13.6 Å². The Morgan fingerprint density at radius 3 is 2.46 bits per heavy atom. The van der Waals surface area contributed by atoms with Gasteiger partial charge in [0.05, 0.1) is 0 Å². The molecule has 1 aromatic carbocycles. The molecule has 1 aromatic rings. The summed E-state index contributed by atoms with van der Waals surface area (Å²) in [6.45, 7) is 0.301. The lowest BCUT2D eigenvalue weighted by Crippen LogP contribution is -2.44. The Morgan fingerprint density at radius 1 is 1.17 bits per heavy atom. The SMILES string of the molecule is NC1CCCC(C(=O)NCC2(c3c(F)cccc3F)CCCC2)C1. The van der Waals surface area contributed by atoms with Crippen molar-refractivity contribution in [3.05, 3.63) is 35.4 Å². The first-order valence-corrected chi connectivity index (χ1v) is 9.00. The van der Waals surface area contributed by atoms with Crippen LogP contribution in [0.25, 0.3) is 0 Å². The molecular weight excluding hydrogens is 310 g/mol. The van der Waals surface area contributed by atoms with Gasteiger partial charge in [0.25, 0.3) is 0 Å². The minimum atomic E-state index is -0.623. The first-order valence-electron chi connectivity index (χ1n) is 9.00. The van der Waals surface area contributed by atoms with Crippen LogP contribution in [0.2, 0.25) is 0 Å². The molecule has 0 radical (unpaired) electrons. The number of benzene rings is 1. The van der Waals surface area contributed by atoms with Crippen molar-refractivity contribution in [2.24, 2.45) is 11.7 Å². The van der Waals surface area contributed by atoms with Crippen LogP contribution in [0, 0.1) is 17.6 Å². The standard InChI is InChI=1S/C19H26F2N2O/c20-15-7-4-8-16(21)17(15)19(9-1-2-10-19)12-23-18(24)13-5-3-6-14(22)11-13/h4,7-8,13-14H,1-3,5-6,9-12,22H2,(H,23,24). The molecule has 2 fully saturated rings. The normalized spacial score (nSPS) is 26.3. The van der Waals surface area contributed by atoms with E-state index in [4.69, 9.17) is 5.73 Å². The van der Waals surface area contributed by atoms with Gasteiger partial charge in [-0.15, -0.1) is 0 Å². The van der Waals surface area contributed by atoms with Gasteiger partial charge in [0.1, 0.15) is 11.6 Å². The molecule has 0 aromatic heterocycles. The summed E-state index contributed by atoms with van der Waals surface area (Å²) in [5.41, 5.74) is 5.48. The summed E-state index contributed by atoms with van der Waals surface area (Å²) < 4.78 is 28.6. The van der Waals surface area contributed by atoms with E-state index >= 15 is 0 Å². The van der Waals surface area contributed by atoms with Crippen molar-refractivity contribution in [3.8, 4) is 0 Å². The van der Waals surface area contributed by atoms with Crippen LogP contribution >= 0.6 is 0 Å². The number of hydrogen-bond acceptors (Lipinski definition) is 2. The molecule has 2 saturated carbocycles. The zero-order valence-corrected chi connectivity index (χ0v) is 14.0. The van der Waals surface area contributed by atoms with Crippen molar-refractivity contribution in [2.45, 2.75) is 62.8 Å². The molecule has 3 nitrogen and oxygen atoms in total. The van der Waals surface area contributed by atoms with Gasteiger partial charge >= 0.3 is 0 Å². The van der Waals surface area contributed by atoms with Gasteiger partial charge in [-0.2, -0.15) is 0 Å². The second-order valence-electron chi connectivity index (χ2n) is 7.43. The lowest BCUT2D eigenvalue weighted by atomic mass is 9.77. The molecule has 3 rings (SSSR count). The van der Waals surface area contributed by atoms with Crippen molar-refractivity contribution in [1.29, 1.82) is 0 Å². The molecular formula is C19H26F2N2O. The van der Waals surface area contributed by atoms with Gasteiger partial charge in [0, 0.05) is 29.5 Å². The third-order valence-electron chi connectivity index (χ3n) is 5.74. The monoisotopic (exact) mass is 336 g/mol. The minimum Gasteiger partial charge on any atom is -0.355 e. The first kappa shape index (κ1) is 17.3. The third-order valence-corrected chi connectivity index (χ3v) is 5.74. The maximum atomic E-state index is 14.3. The van der Waals surface area contributed by atoms with E-state index in [0.717, 1.165) is 32.1 Å². The predicted molar refractivity (Wildman–Crippen MR) is 89.4 cm³/mol. The van der Waals surface area contributed by atoms with Crippen LogP contribution in [-0.2, 0) is 10.2 Å². The van der Waals surface area contributed by atoms with E-state index in [0.29, 0.717) is 25.8 Å². The van der Waals surface area contributed by atoms with Crippen LogP contribution in [0.1, 0.15) is 56.9 Å². The average molecular weight is 336 g/mol. The Bertz CT molecular complexity index is 579. The summed E-state index contributed by atoms with van der Waals surface area (Å²) in [7, 11) is 0. The summed E-state index contributed by atoms with van der Waals surface area (Å²) in [5, 5.41) is 2.98. The average Bonchev–Trinajstić information content (AvgIpc) is 3.02. The first-order chi connectivity index (χ1) is 11.5. The summed E-state index contributed by atoms with van der Waals surface area (Å²) in [4.78, 5) is 12.5. The lowest BCUT2D eigenvalue weighted by molar-refractivity contribution is -0.126. The van der Waals surface area contributed by atoms with Crippen LogP contribution in [0.15, 0.2) is 18.2 Å². The maximum Gasteiger partial charge on any atom is 0.223 e. The molecule has 24 heavy (non-hydrogen) atoms. The number of carbonyl (C=O) groups excluding carboxylic acids is 1. The largest absolute Gasteiger partial charge is 0.355 e. The third kappa shape index (κ3) is 3.46. The van der Waals surface area contributed by atoms with Crippen molar-refractivity contribution in [1.82, 2.24) is 5.32 Å². The summed E-state index contributed by atoms with van der Waals surface area (Å²) in [6, 6.07) is 4.08. The van der Waals surface area contributed by atoms with E-state index in [1.165, 1.54) is 18.2 Å². The maximum absolute atomic E-state index is 14.3. The Morgan fingerprint density at radius 2 is 1.83 bits per heavy atom. The fourth-order valence-electron chi connectivity index (χ4n) is 4.44. The van der Waals surface area contributed by atoms with Gasteiger partial charge in [0.2, 0.25) is 5.91 Å². The predicted octanol–water partition coefficient (Wildman–Crippen LogP) is 3.41. The molecule has 0 aliphatic heterocycles. The molecule has 2 atom stereocenters. The summed E-state index contributed by atoms with van der Waals surface area (Å²) >= 11 is 0. The van der Waals surface area contributed by atoms with Gasteiger partial charge < -0.3 is 11.1 Å². The van der Waals surface area contributed by atoms with Gasteiger partial charge in [-0.25, -0.2) is 8.78 Å². The van der Waals surface area contributed by atoms with Crippen LogP contribution in [0.5, 0.6) is 0 Å². The Hall–Kier alpha value is -1.49.